The highest BCUT2D eigenvalue weighted by molar-refractivity contribution is 5.94. The van der Waals surface area contributed by atoms with E-state index in [1.165, 1.54) is 19.5 Å². The molecule has 74 valence electrons. The summed E-state index contributed by atoms with van der Waals surface area (Å²) in [4.78, 5) is 29.0. The number of carbonyl (C=O) groups is 2. The van der Waals surface area contributed by atoms with E-state index in [1.807, 2.05) is 0 Å². The molecule has 0 aliphatic carbocycles. The molecule has 0 radical (unpaired) electrons. The predicted octanol–water partition coefficient (Wildman–Crippen LogP) is -0.562. The number of ketones is 1. The van der Waals surface area contributed by atoms with Crippen LogP contribution in [0.25, 0.3) is 0 Å². The minimum Gasteiger partial charge on any atom is -0.465 e. The molecule has 0 aliphatic heterocycles. The van der Waals surface area contributed by atoms with E-state index in [0.29, 0.717) is 0 Å². The van der Waals surface area contributed by atoms with E-state index in [1.54, 1.807) is 0 Å². The largest absolute Gasteiger partial charge is 0.465 e. The highest BCUT2D eigenvalue weighted by Gasteiger charge is 2.10. The number of aromatic nitrogens is 2. The fourth-order valence-electron chi connectivity index (χ4n) is 0.766. The predicted molar refractivity (Wildman–Crippen MR) is 44.8 cm³/mol. The first-order chi connectivity index (χ1) is 6.69. The van der Waals surface area contributed by atoms with Crippen LogP contribution in [0.2, 0.25) is 0 Å². The molecular formula is C8H8N2O4. The minimum absolute atomic E-state index is 0.125. The molecule has 6 nitrogen and oxygen atoms in total. The van der Waals surface area contributed by atoms with Gasteiger partial charge in [0.2, 0.25) is 5.78 Å². The summed E-state index contributed by atoms with van der Waals surface area (Å²) in [7, 11) is 1.23. The zero-order valence-corrected chi connectivity index (χ0v) is 7.43. The Morgan fingerprint density at radius 1 is 1.43 bits per heavy atom. The molecule has 0 saturated heterocycles. The molecule has 0 unspecified atom stereocenters. The lowest BCUT2D eigenvalue weighted by Gasteiger charge is -1.98. The van der Waals surface area contributed by atoms with Gasteiger partial charge in [-0.05, 0) is 0 Å². The Morgan fingerprint density at radius 2 is 2.00 bits per heavy atom. The monoisotopic (exact) mass is 196 g/mol. The minimum atomic E-state index is -0.655. The topological polar surface area (TPSA) is 89.4 Å². The van der Waals surface area contributed by atoms with Gasteiger partial charge in [0, 0.05) is 12.4 Å². The molecule has 0 amide bonds. The summed E-state index contributed by atoms with van der Waals surface area (Å²) < 4.78 is 4.41. The maximum absolute atomic E-state index is 10.9. The lowest BCUT2D eigenvalue weighted by molar-refractivity contribution is 0.0599. The van der Waals surface area contributed by atoms with E-state index >= 15 is 0 Å². The average molecular weight is 196 g/mol. The van der Waals surface area contributed by atoms with E-state index in [2.05, 4.69) is 14.7 Å². The highest BCUT2D eigenvalue weighted by Crippen LogP contribution is 1.98. The smallest absolute Gasteiger partial charge is 0.341 e. The van der Waals surface area contributed by atoms with Crippen molar-refractivity contribution in [2.75, 3.05) is 13.7 Å². The number of aliphatic hydroxyl groups excluding tert-OH is 1. The molecular weight excluding hydrogens is 188 g/mol. The van der Waals surface area contributed by atoms with Crippen LogP contribution in [0, 0.1) is 0 Å². The molecule has 1 aromatic heterocycles. The highest BCUT2D eigenvalue weighted by atomic mass is 16.5. The average Bonchev–Trinajstić information content (AvgIpc) is 2.27. The Hall–Kier alpha value is -1.82. The SMILES string of the molecule is COC(=O)c1cnc(C(=O)CO)nc1. The Labute approximate surface area is 79.6 Å². The van der Waals surface area contributed by atoms with Crippen LogP contribution in [0.5, 0.6) is 0 Å². The van der Waals surface area contributed by atoms with Gasteiger partial charge in [-0.1, -0.05) is 0 Å². The summed E-state index contributed by atoms with van der Waals surface area (Å²) in [6.45, 7) is -0.655. The van der Waals surface area contributed by atoms with Gasteiger partial charge in [-0.3, -0.25) is 4.79 Å². The number of methoxy groups -OCH3 is 1. The molecule has 0 fully saturated rings. The maximum atomic E-state index is 10.9. The lowest BCUT2D eigenvalue weighted by Crippen LogP contribution is -2.11. The third kappa shape index (κ3) is 2.11. The van der Waals surface area contributed by atoms with Crippen molar-refractivity contribution < 1.29 is 19.4 Å². The number of Topliss-reactive ketones (excluding diaryl/α,β-unsaturated/α-hetero) is 1. The first kappa shape index (κ1) is 10.3. The van der Waals surface area contributed by atoms with E-state index in [4.69, 9.17) is 5.11 Å². The number of hydrogen-bond donors (Lipinski definition) is 1. The van der Waals surface area contributed by atoms with Crippen molar-refractivity contribution in [3.8, 4) is 0 Å². The van der Waals surface area contributed by atoms with Gasteiger partial charge in [0.1, 0.15) is 6.61 Å². The van der Waals surface area contributed by atoms with Gasteiger partial charge in [-0.25, -0.2) is 14.8 Å². The van der Waals surface area contributed by atoms with Gasteiger partial charge >= 0.3 is 5.97 Å². The zero-order chi connectivity index (χ0) is 10.6. The number of esters is 1. The molecule has 6 heteroatoms. The molecule has 0 atom stereocenters. The van der Waals surface area contributed by atoms with Gasteiger partial charge in [0.25, 0.3) is 0 Å². The van der Waals surface area contributed by atoms with Crippen molar-refractivity contribution >= 4 is 11.8 Å². The Bertz CT molecular complexity index is 312. The summed E-state index contributed by atoms with van der Waals surface area (Å²) in [5.41, 5.74) is 0.155. The molecule has 1 heterocycles. The summed E-state index contributed by atoms with van der Waals surface area (Å²) in [5, 5.41) is 8.49. The van der Waals surface area contributed by atoms with E-state index in [9.17, 15) is 9.59 Å². The fourth-order valence-corrected chi connectivity index (χ4v) is 0.766. The van der Waals surface area contributed by atoms with Crippen molar-refractivity contribution in [3.63, 3.8) is 0 Å². The number of aliphatic hydroxyl groups is 1. The van der Waals surface area contributed by atoms with Crippen LogP contribution in [0.1, 0.15) is 21.0 Å². The van der Waals surface area contributed by atoms with Crippen LogP contribution in [0.3, 0.4) is 0 Å². The van der Waals surface area contributed by atoms with Crippen LogP contribution in [-0.4, -0.2) is 40.5 Å². The van der Waals surface area contributed by atoms with E-state index in [-0.39, 0.29) is 11.4 Å². The molecule has 0 spiro atoms. The van der Waals surface area contributed by atoms with E-state index < -0.39 is 18.4 Å². The van der Waals surface area contributed by atoms with Crippen molar-refractivity contribution in [2.24, 2.45) is 0 Å². The Kier molecular flexibility index (Phi) is 3.24. The maximum Gasteiger partial charge on any atom is 0.341 e. The third-order valence-electron chi connectivity index (χ3n) is 1.47. The summed E-state index contributed by atoms with van der Waals surface area (Å²) in [6.07, 6.45) is 2.34. The van der Waals surface area contributed by atoms with Crippen molar-refractivity contribution in [2.45, 2.75) is 0 Å². The summed E-state index contributed by atoms with van der Waals surface area (Å²) >= 11 is 0. The molecule has 0 bridgehead atoms. The van der Waals surface area contributed by atoms with Crippen molar-refractivity contribution in [1.82, 2.24) is 9.97 Å². The number of nitrogens with zero attached hydrogens (tertiary/aromatic N) is 2. The molecule has 1 aromatic rings. The van der Waals surface area contributed by atoms with Crippen LogP contribution >= 0.6 is 0 Å². The van der Waals surface area contributed by atoms with Gasteiger partial charge in [-0.15, -0.1) is 0 Å². The van der Waals surface area contributed by atoms with Crippen LogP contribution in [0.4, 0.5) is 0 Å². The molecule has 14 heavy (non-hydrogen) atoms. The lowest BCUT2D eigenvalue weighted by atomic mass is 10.3. The van der Waals surface area contributed by atoms with Gasteiger partial charge in [-0.2, -0.15) is 0 Å². The first-order valence-electron chi connectivity index (χ1n) is 3.73. The van der Waals surface area contributed by atoms with Gasteiger partial charge in [0.05, 0.1) is 12.7 Å². The second-order valence-electron chi connectivity index (χ2n) is 2.37. The molecule has 0 saturated carbocycles. The number of ether oxygens (including phenoxy) is 1. The summed E-state index contributed by atoms with van der Waals surface area (Å²) in [5.74, 6) is -1.30. The fraction of sp³-hybridized carbons (Fsp3) is 0.250. The molecule has 1 N–H and O–H groups in total. The van der Waals surface area contributed by atoms with E-state index in [0.717, 1.165) is 0 Å². The normalized spacial score (nSPS) is 9.57. The van der Waals surface area contributed by atoms with Crippen molar-refractivity contribution in [1.29, 1.82) is 0 Å². The first-order valence-corrected chi connectivity index (χ1v) is 3.73. The number of rotatable bonds is 3. The molecule has 0 aliphatic rings. The molecule has 1 rings (SSSR count). The Morgan fingerprint density at radius 3 is 2.43 bits per heavy atom. The number of hydrogen-bond acceptors (Lipinski definition) is 6. The van der Waals surface area contributed by atoms with Crippen molar-refractivity contribution in [3.05, 3.63) is 23.8 Å². The molecule has 0 aromatic carbocycles. The standard InChI is InChI=1S/C8H8N2O4/c1-14-8(13)5-2-9-7(10-3-5)6(12)4-11/h2-3,11H,4H2,1H3. The second kappa shape index (κ2) is 4.43. The zero-order valence-electron chi connectivity index (χ0n) is 7.43. The van der Waals surface area contributed by atoms with Crippen LogP contribution in [0.15, 0.2) is 12.4 Å². The third-order valence-corrected chi connectivity index (χ3v) is 1.47. The van der Waals surface area contributed by atoms with Gasteiger partial charge in [0.15, 0.2) is 5.82 Å². The van der Waals surface area contributed by atoms with Gasteiger partial charge < -0.3 is 9.84 Å². The second-order valence-corrected chi connectivity index (χ2v) is 2.37. The van der Waals surface area contributed by atoms with Crippen LogP contribution in [-0.2, 0) is 4.74 Å². The summed E-state index contributed by atoms with van der Waals surface area (Å²) in [6, 6.07) is 0. The quantitative estimate of drug-likeness (QED) is 0.514. The Balaban J connectivity index is 2.89. The van der Waals surface area contributed by atoms with Crippen LogP contribution < -0.4 is 0 Å². The number of carbonyl (C=O) groups excluding carboxylic acids is 2.